The second-order valence-electron chi connectivity index (χ2n) is 9.09. The van der Waals surface area contributed by atoms with Gasteiger partial charge in [-0.1, -0.05) is 24.3 Å². The van der Waals surface area contributed by atoms with Gasteiger partial charge < -0.3 is 14.6 Å². The number of urea groups is 1. The SMILES string of the molecule is COc1ccc(-n2c(C)cc(C(=O)CN3C(=O)N[C@]4(CCc5ccccc5C4)C3=O)c2C)cc1. The Labute approximate surface area is 198 Å². The summed E-state index contributed by atoms with van der Waals surface area (Å²) in [6.07, 6.45) is 1.70. The van der Waals surface area contributed by atoms with Gasteiger partial charge in [0.25, 0.3) is 5.91 Å². The minimum Gasteiger partial charge on any atom is -0.497 e. The van der Waals surface area contributed by atoms with E-state index in [2.05, 4.69) is 11.4 Å². The normalized spacial score (nSPS) is 19.3. The average Bonchev–Trinajstić information content (AvgIpc) is 3.26. The molecule has 1 spiro atoms. The molecule has 7 nitrogen and oxygen atoms in total. The Balaban J connectivity index is 1.38. The van der Waals surface area contributed by atoms with Crippen LogP contribution in [0, 0.1) is 13.8 Å². The van der Waals surface area contributed by atoms with Gasteiger partial charge in [-0.05, 0) is 68.1 Å². The van der Waals surface area contributed by atoms with E-state index < -0.39 is 11.6 Å². The number of benzene rings is 2. The molecule has 2 heterocycles. The molecular weight excluding hydrogens is 430 g/mol. The lowest BCUT2D eigenvalue weighted by molar-refractivity contribution is -0.131. The predicted octanol–water partition coefficient (Wildman–Crippen LogP) is 3.76. The van der Waals surface area contributed by atoms with E-state index in [1.54, 1.807) is 7.11 Å². The first-order valence-corrected chi connectivity index (χ1v) is 11.4. The number of aryl methyl sites for hydroxylation is 2. The van der Waals surface area contributed by atoms with E-state index in [1.807, 2.05) is 66.9 Å². The predicted molar refractivity (Wildman–Crippen MR) is 128 cm³/mol. The Bertz CT molecular complexity index is 1310. The van der Waals surface area contributed by atoms with Gasteiger partial charge in [-0.3, -0.25) is 14.5 Å². The number of hydrogen-bond donors (Lipinski definition) is 1. The van der Waals surface area contributed by atoms with Crippen LogP contribution >= 0.6 is 0 Å². The minimum absolute atomic E-state index is 0.260. The zero-order valence-electron chi connectivity index (χ0n) is 19.6. The maximum absolute atomic E-state index is 13.4. The molecule has 2 aromatic carbocycles. The fraction of sp³-hybridized carbons (Fsp3) is 0.296. The van der Waals surface area contributed by atoms with Crippen LogP contribution in [0.1, 0.15) is 39.3 Å². The molecule has 3 amide bonds. The van der Waals surface area contributed by atoms with E-state index in [0.29, 0.717) is 24.8 Å². The van der Waals surface area contributed by atoms with Gasteiger partial charge in [-0.15, -0.1) is 0 Å². The van der Waals surface area contributed by atoms with Crippen LogP contribution in [0.4, 0.5) is 4.79 Å². The van der Waals surface area contributed by atoms with Crippen molar-refractivity contribution in [1.29, 1.82) is 0 Å². The largest absolute Gasteiger partial charge is 0.497 e. The molecular formula is C27H27N3O4. The number of rotatable bonds is 5. The molecule has 1 saturated heterocycles. The number of carbonyl (C=O) groups excluding carboxylic acids is 3. The smallest absolute Gasteiger partial charge is 0.325 e. The van der Waals surface area contributed by atoms with Crippen LogP contribution < -0.4 is 10.1 Å². The van der Waals surface area contributed by atoms with Crippen molar-refractivity contribution >= 4 is 17.7 Å². The summed E-state index contributed by atoms with van der Waals surface area (Å²) in [5.41, 5.74) is 4.37. The van der Waals surface area contributed by atoms with Crippen molar-refractivity contribution in [3.05, 3.63) is 82.7 Å². The molecule has 2 aliphatic rings. The lowest BCUT2D eigenvalue weighted by Gasteiger charge is -2.32. The van der Waals surface area contributed by atoms with Crippen molar-refractivity contribution in [2.24, 2.45) is 0 Å². The van der Waals surface area contributed by atoms with Crippen LogP contribution in [0.2, 0.25) is 0 Å². The lowest BCUT2D eigenvalue weighted by Crippen LogP contribution is -2.51. The van der Waals surface area contributed by atoms with Gasteiger partial charge in [0.1, 0.15) is 11.3 Å². The number of fused-ring (bicyclic) bond motifs is 1. The van der Waals surface area contributed by atoms with E-state index in [-0.39, 0.29) is 18.2 Å². The third kappa shape index (κ3) is 3.48. The highest BCUT2D eigenvalue weighted by Crippen LogP contribution is 2.34. The van der Waals surface area contributed by atoms with Crippen LogP contribution in [-0.4, -0.2) is 46.4 Å². The van der Waals surface area contributed by atoms with Crippen LogP contribution in [0.5, 0.6) is 5.75 Å². The molecule has 0 bridgehead atoms. The first-order valence-electron chi connectivity index (χ1n) is 11.4. The third-order valence-corrected chi connectivity index (χ3v) is 7.04. The highest BCUT2D eigenvalue weighted by atomic mass is 16.5. The lowest BCUT2D eigenvalue weighted by atomic mass is 9.78. The van der Waals surface area contributed by atoms with Crippen molar-refractivity contribution in [3.8, 4) is 11.4 Å². The highest BCUT2D eigenvalue weighted by molar-refractivity contribution is 6.11. The van der Waals surface area contributed by atoms with Crippen molar-refractivity contribution in [1.82, 2.24) is 14.8 Å². The number of Topliss-reactive ketones (excluding diaryl/α,β-unsaturated/α-hetero) is 1. The number of methoxy groups -OCH3 is 1. The molecule has 34 heavy (non-hydrogen) atoms. The molecule has 0 saturated carbocycles. The molecule has 1 atom stereocenters. The summed E-state index contributed by atoms with van der Waals surface area (Å²) < 4.78 is 7.22. The summed E-state index contributed by atoms with van der Waals surface area (Å²) in [5.74, 6) is 0.175. The second-order valence-corrected chi connectivity index (χ2v) is 9.09. The Kier molecular flexibility index (Phi) is 5.27. The van der Waals surface area contributed by atoms with Gasteiger partial charge in [0, 0.05) is 29.1 Å². The number of ether oxygens (including phenoxy) is 1. The number of nitrogens with one attached hydrogen (secondary N) is 1. The molecule has 1 aliphatic heterocycles. The number of imide groups is 1. The van der Waals surface area contributed by atoms with Crippen molar-refractivity contribution < 1.29 is 19.1 Å². The molecule has 1 fully saturated rings. The highest BCUT2D eigenvalue weighted by Gasteiger charge is 2.52. The molecule has 1 aromatic heterocycles. The summed E-state index contributed by atoms with van der Waals surface area (Å²) in [4.78, 5) is 40.5. The summed E-state index contributed by atoms with van der Waals surface area (Å²) in [5, 5.41) is 2.90. The topological polar surface area (TPSA) is 80.6 Å². The second kappa shape index (κ2) is 8.17. The molecule has 0 radical (unpaired) electrons. The van der Waals surface area contributed by atoms with Gasteiger partial charge in [-0.25, -0.2) is 4.79 Å². The molecule has 0 unspecified atom stereocenters. The van der Waals surface area contributed by atoms with Gasteiger partial charge in [0.05, 0.1) is 13.7 Å². The van der Waals surface area contributed by atoms with Gasteiger partial charge >= 0.3 is 6.03 Å². The van der Waals surface area contributed by atoms with E-state index in [0.717, 1.165) is 33.3 Å². The minimum atomic E-state index is -0.967. The molecule has 7 heteroatoms. The maximum atomic E-state index is 13.4. The summed E-state index contributed by atoms with van der Waals surface area (Å²) in [6.45, 7) is 3.52. The van der Waals surface area contributed by atoms with Gasteiger partial charge in [0.2, 0.25) is 0 Å². The van der Waals surface area contributed by atoms with E-state index >= 15 is 0 Å². The number of aromatic nitrogens is 1. The van der Waals surface area contributed by atoms with Crippen molar-refractivity contribution in [3.63, 3.8) is 0 Å². The summed E-state index contributed by atoms with van der Waals surface area (Å²) in [7, 11) is 1.62. The molecule has 1 N–H and O–H groups in total. The quantitative estimate of drug-likeness (QED) is 0.467. The first-order chi connectivity index (χ1) is 16.3. The Hall–Kier alpha value is -3.87. The summed E-state index contributed by atoms with van der Waals surface area (Å²) >= 11 is 0. The Morgan fingerprint density at radius 2 is 1.76 bits per heavy atom. The van der Waals surface area contributed by atoms with Crippen LogP contribution in [0.25, 0.3) is 5.69 Å². The molecule has 5 rings (SSSR count). The molecule has 3 aromatic rings. The van der Waals surface area contributed by atoms with E-state index in [9.17, 15) is 14.4 Å². The number of nitrogens with zero attached hydrogens (tertiary/aromatic N) is 2. The van der Waals surface area contributed by atoms with Crippen LogP contribution in [0.3, 0.4) is 0 Å². The number of carbonyl (C=O) groups is 3. The zero-order valence-corrected chi connectivity index (χ0v) is 19.6. The monoisotopic (exact) mass is 457 g/mol. The van der Waals surface area contributed by atoms with E-state index in [1.165, 1.54) is 5.56 Å². The van der Waals surface area contributed by atoms with E-state index in [4.69, 9.17) is 4.74 Å². The summed E-state index contributed by atoms with van der Waals surface area (Å²) in [6, 6.07) is 16.9. The molecule has 1 aliphatic carbocycles. The standard InChI is InChI=1S/C27H27N3O4/c1-17-14-23(18(2)30(17)21-8-10-22(34-3)11-9-21)24(31)16-29-25(32)27(28-26(29)33)13-12-19-6-4-5-7-20(19)15-27/h4-11,14H,12-13,15-16H2,1-3H3,(H,28,33)/t27-/m0/s1. The number of hydrogen-bond acceptors (Lipinski definition) is 4. The average molecular weight is 458 g/mol. The zero-order chi connectivity index (χ0) is 24.0. The maximum Gasteiger partial charge on any atom is 0.325 e. The molecule has 174 valence electrons. The first kappa shape index (κ1) is 21.9. The van der Waals surface area contributed by atoms with Crippen molar-refractivity contribution in [2.75, 3.05) is 13.7 Å². The van der Waals surface area contributed by atoms with Crippen LogP contribution in [0.15, 0.2) is 54.6 Å². The fourth-order valence-electron chi connectivity index (χ4n) is 5.25. The Morgan fingerprint density at radius 3 is 2.47 bits per heavy atom. The van der Waals surface area contributed by atoms with Crippen molar-refractivity contribution in [2.45, 2.75) is 38.6 Å². The Morgan fingerprint density at radius 1 is 1.06 bits per heavy atom. The number of ketones is 1. The van der Waals surface area contributed by atoms with Gasteiger partial charge in [-0.2, -0.15) is 0 Å². The fourth-order valence-corrected chi connectivity index (χ4v) is 5.25. The van der Waals surface area contributed by atoms with Crippen LogP contribution in [-0.2, 0) is 17.6 Å². The third-order valence-electron chi connectivity index (χ3n) is 7.04. The van der Waals surface area contributed by atoms with Gasteiger partial charge in [0.15, 0.2) is 5.78 Å². The number of amides is 3.